The maximum atomic E-state index is 5.85. The van der Waals surface area contributed by atoms with E-state index in [1.807, 2.05) is 12.1 Å². The molecule has 0 aliphatic heterocycles. The molecular weight excluding hydrogens is 390 g/mol. The van der Waals surface area contributed by atoms with Crippen molar-refractivity contribution >= 4 is 17.5 Å². The van der Waals surface area contributed by atoms with Crippen molar-refractivity contribution in [1.29, 1.82) is 0 Å². The lowest BCUT2D eigenvalue weighted by molar-refractivity contribution is 0.332. The fourth-order valence-electron chi connectivity index (χ4n) is 4.70. The Bertz CT molecular complexity index is 1170. The van der Waals surface area contributed by atoms with Crippen LogP contribution in [0.25, 0.3) is 11.6 Å². The zero-order chi connectivity index (χ0) is 22.9. The van der Waals surface area contributed by atoms with Crippen molar-refractivity contribution in [3.63, 3.8) is 0 Å². The van der Waals surface area contributed by atoms with Crippen molar-refractivity contribution in [3.05, 3.63) is 106 Å². The third kappa shape index (κ3) is 4.20. The zero-order valence-electron chi connectivity index (χ0n) is 19.5. The van der Waals surface area contributed by atoms with Crippen molar-refractivity contribution in [2.45, 2.75) is 51.4 Å². The van der Waals surface area contributed by atoms with Crippen LogP contribution in [0.2, 0.25) is 0 Å². The van der Waals surface area contributed by atoms with E-state index >= 15 is 0 Å². The van der Waals surface area contributed by atoms with Gasteiger partial charge in [-0.3, -0.25) is 0 Å². The standard InChI is InChI=1S/C29H33N3/c1-28(2)16-17-29(3,4)26-19-23(14-15-25(26)28)24(21-8-6-5-7-9-21)18-20-10-12-22(13-11-20)27(30)32-31/h5-15,18-19H,16-17,31H2,1-4H3,(H2,30,32)/b24-18-. The number of hydrogen-bond donors (Lipinski definition) is 2. The van der Waals surface area contributed by atoms with Gasteiger partial charge in [-0.15, -0.1) is 0 Å². The molecule has 4 N–H and O–H groups in total. The minimum atomic E-state index is 0.170. The van der Waals surface area contributed by atoms with Crippen molar-refractivity contribution in [2.75, 3.05) is 0 Å². The molecule has 0 aromatic heterocycles. The lowest BCUT2D eigenvalue weighted by Crippen LogP contribution is -2.33. The first kappa shape index (κ1) is 21.9. The van der Waals surface area contributed by atoms with Crippen LogP contribution in [0.5, 0.6) is 0 Å². The molecular formula is C29H33N3. The Kier molecular flexibility index (Phi) is 5.68. The molecule has 1 aliphatic rings. The van der Waals surface area contributed by atoms with E-state index in [9.17, 15) is 0 Å². The summed E-state index contributed by atoms with van der Waals surface area (Å²) in [5.74, 6) is 5.66. The van der Waals surface area contributed by atoms with Gasteiger partial charge in [0.1, 0.15) is 5.84 Å². The molecule has 0 radical (unpaired) electrons. The molecule has 0 atom stereocenters. The van der Waals surface area contributed by atoms with Crippen LogP contribution in [0.3, 0.4) is 0 Å². The quantitative estimate of drug-likeness (QED) is 0.172. The lowest BCUT2D eigenvalue weighted by atomic mass is 9.63. The summed E-state index contributed by atoms with van der Waals surface area (Å²) in [7, 11) is 0. The van der Waals surface area contributed by atoms with E-state index in [-0.39, 0.29) is 10.8 Å². The van der Waals surface area contributed by atoms with Gasteiger partial charge in [-0.25, -0.2) is 0 Å². The summed E-state index contributed by atoms with van der Waals surface area (Å²) in [4.78, 5) is 0. The Labute approximate surface area is 191 Å². The van der Waals surface area contributed by atoms with Crippen LogP contribution in [0.15, 0.2) is 77.9 Å². The SMILES string of the molecule is CC1(C)CCC(C)(C)c2cc(/C(=C\c3ccc(/C(N)=N/N)cc3)c3ccccc3)ccc21. The minimum Gasteiger partial charge on any atom is -0.382 e. The Morgan fingerprint density at radius 1 is 0.750 bits per heavy atom. The second-order valence-corrected chi connectivity index (χ2v) is 10.1. The molecule has 0 unspecified atom stereocenters. The second kappa shape index (κ2) is 8.31. The highest BCUT2D eigenvalue weighted by molar-refractivity contribution is 5.98. The normalized spacial score (nSPS) is 17.6. The average molecular weight is 424 g/mol. The van der Waals surface area contributed by atoms with E-state index in [4.69, 9.17) is 11.6 Å². The van der Waals surface area contributed by atoms with Gasteiger partial charge in [0.25, 0.3) is 0 Å². The summed E-state index contributed by atoms with van der Waals surface area (Å²) in [6, 6.07) is 25.7. The summed E-state index contributed by atoms with van der Waals surface area (Å²) in [5, 5.41) is 3.59. The first-order valence-corrected chi connectivity index (χ1v) is 11.3. The molecule has 4 rings (SSSR count). The second-order valence-electron chi connectivity index (χ2n) is 10.1. The molecule has 32 heavy (non-hydrogen) atoms. The van der Waals surface area contributed by atoms with Crippen LogP contribution in [-0.2, 0) is 10.8 Å². The van der Waals surface area contributed by atoms with Gasteiger partial charge < -0.3 is 11.6 Å². The number of benzene rings is 3. The summed E-state index contributed by atoms with van der Waals surface area (Å²) < 4.78 is 0. The van der Waals surface area contributed by atoms with Gasteiger partial charge in [0.2, 0.25) is 0 Å². The van der Waals surface area contributed by atoms with E-state index < -0.39 is 0 Å². The van der Waals surface area contributed by atoms with E-state index in [1.54, 1.807) is 0 Å². The van der Waals surface area contributed by atoms with Crippen LogP contribution < -0.4 is 11.6 Å². The molecule has 164 valence electrons. The van der Waals surface area contributed by atoms with Crippen molar-refractivity contribution in [3.8, 4) is 0 Å². The Morgan fingerprint density at radius 3 is 1.97 bits per heavy atom. The third-order valence-corrected chi connectivity index (χ3v) is 6.91. The zero-order valence-corrected chi connectivity index (χ0v) is 19.5. The van der Waals surface area contributed by atoms with Crippen LogP contribution in [0, 0.1) is 0 Å². The van der Waals surface area contributed by atoms with Gasteiger partial charge in [-0.1, -0.05) is 100 Å². The monoisotopic (exact) mass is 423 g/mol. The smallest absolute Gasteiger partial charge is 0.150 e. The Morgan fingerprint density at radius 2 is 1.34 bits per heavy atom. The fraction of sp³-hybridized carbons (Fsp3) is 0.276. The molecule has 1 aliphatic carbocycles. The number of nitrogens with zero attached hydrogens (tertiary/aromatic N) is 1. The van der Waals surface area contributed by atoms with Gasteiger partial charge in [-0.05, 0) is 63.1 Å². The van der Waals surface area contributed by atoms with Crippen molar-refractivity contribution < 1.29 is 0 Å². The Hall–Kier alpha value is -3.33. The fourth-order valence-corrected chi connectivity index (χ4v) is 4.70. The molecule has 0 saturated carbocycles. The van der Waals surface area contributed by atoms with Crippen molar-refractivity contribution in [2.24, 2.45) is 16.7 Å². The molecule has 0 spiro atoms. The van der Waals surface area contributed by atoms with Gasteiger partial charge in [0, 0.05) is 5.56 Å². The first-order valence-electron chi connectivity index (χ1n) is 11.3. The van der Waals surface area contributed by atoms with E-state index in [0.29, 0.717) is 5.84 Å². The molecule has 0 fully saturated rings. The molecule has 3 aromatic carbocycles. The highest BCUT2D eigenvalue weighted by Crippen LogP contribution is 2.46. The van der Waals surface area contributed by atoms with Gasteiger partial charge >= 0.3 is 0 Å². The van der Waals surface area contributed by atoms with Gasteiger partial charge in [0.05, 0.1) is 0 Å². The summed E-state index contributed by atoms with van der Waals surface area (Å²) in [6.45, 7) is 9.48. The highest BCUT2D eigenvalue weighted by atomic mass is 15.1. The van der Waals surface area contributed by atoms with Crippen LogP contribution in [0.4, 0.5) is 0 Å². The summed E-state index contributed by atoms with van der Waals surface area (Å²) in [6.07, 6.45) is 4.67. The van der Waals surface area contributed by atoms with Gasteiger partial charge in [0.15, 0.2) is 0 Å². The van der Waals surface area contributed by atoms with E-state index in [1.165, 1.54) is 40.7 Å². The van der Waals surface area contributed by atoms with Crippen LogP contribution in [-0.4, -0.2) is 5.84 Å². The number of amidine groups is 1. The Balaban J connectivity index is 1.85. The minimum absolute atomic E-state index is 0.170. The van der Waals surface area contributed by atoms with Crippen LogP contribution >= 0.6 is 0 Å². The third-order valence-electron chi connectivity index (χ3n) is 6.91. The molecule has 3 nitrogen and oxygen atoms in total. The molecule has 0 saturated heterocycles. The maximum Gasteiger partial charge on any atom is 0.150 e. The number of rotatable bonds is 4. The summed E-state index contributed by atoms with van der Waals surface area (Å²) >= 11 is 0. The molecule has 3 heteroatoms. The van der Waals surface area contributed by atoms with E-state index in [0.717, 1.165) is 11.1 Å². The van der Waals surface area contributed by atoms with Crippen LogP contribution in [0.1, 0.15) is 73.9 Å². The number of nitrogens with two attached hydrogens (primary N) is 2. The summed E-state index contributed by atoms with van der Waals surface area (Å²) in [5.41, 5.74) is 14.8. The number of fused-ring (bicyclic) bond motifs is 1. The predicted molar refractivity (Wildman–Crippen MR) is 136 cm³/mol. The molecule has 0 bridgehead atoms. The topological polar surface area (TPSA) is 64.4 Å². The largest absolute Gasteiger partial charge is 0.382 e. The predicted octanol–water partition coefficient (Wildman–Crippen LogP) is 6.20. The molecule has 0 heterocycles. The van der Waals surface area contributed by atoms with Crippen molar-refractivity contribution in [1.82, 2.24) is 0 Å². The average Bonchev–Trinajstić information content (AvgIpc) is 2.81. The first-order chi connectivity index (χ1) is 15.2. The highest BCUT2D eigenvalue weighted by Gasteiger charge is 2.37. The molecule has 3 aromatic rings. The lowest BCUT2D eigenvalue weighted by Gasteiger charge is -2.42. The van der Waals surface area contributed by atoms with Gasteiger partial charge in [-0.2, -0.15) is 5.10 Å². The number of hydrogen-bond acceptors (Lipinski definition) is 2. The van der Waals surface area contributed by atoms with E-state index in [2.05, 4.69) is 99.5 Å². The maximum absolute atomic E-state index is 5.85. The molecule has 0 amide bonds. The number of hydrazone groups is 1.